The average molecular weight is 421 g/mol. The maximum absolute atomic E-state index is 13.3. The Bertz CT molecular complexity index is 1180. The second-order valence-electron chi connectivity index (χ2n) is 6.75. The Morgan fingerprint density at radius 2 is 1.50 bits per heavy atom. The third-order valence-corrected chi connectivity index (χ3v) is 6.40. The SMILES string of the molecule is O=C(CC1Nc2ccccc2N(S(=O)(=O)c2ccccc2)C1=O)Nc1ccccc1. The summed E-state index contributed by atoms with van der Waals surface area (Å²) < 4.78 is 27.3. The van der Waals surface area contributed by atoms with Crippen molar-refractivity contribution >= 4 is 38.9 Å². The molecule has 0 bridgehead atoms. The van der Waals surface area contributed by atoms with E-state index >= 15 is 0 Å². The molecule has 30 heavy (non-hydrogen) atoms. The summed E-state index contributed by atoms with van der Waals surface area (Å²) in [6.07, 6.45) is -0.219. The highest BCUT2D eigenvalue weighted by atomic mass is 32.2. The normalized spacial score (nSPS) is 15.8. The molecule has 3 aromatic carbocycles. The Balaban J connectivity index is 1.66. The van der Waals surface area contributed by atoms with Crippen LogP contribution in [0.5, 0.6) is 0 Å². The van der Waals surface area contributed by atoms with Gasteiger partial charge >= 0.3 is 0 Å². The smallest absolute Gasteiger partial charge is 0.271 e. The molecule has 0 radical (unpaired) electrons. The average Bonchev–Trinajstić information content (AvgIpc) is 2.75. The number of carbonyl (C=O) groups excluding carboxylic acids is 2. The van der Waals surface area contributed by atoms with Gasteiger partial charge in [-0.1, -0.05) is 48.5 Å². The van der Waals surface area contributed by atoms with Crippen LogP contribution in [0.25, 0.3) is 0 Å². The van der Waals surface area contributed by atoms with Crippen LogP contribution in [-0.2, 0) is 19.6 Å². The van der Waals surface area contributed by atoms with E-state index in [0.717, 1.165) is 4.31 Å². The number of hydrogen-bond donors (Lipinski definition) is 2. The van der Waals surface area contributed by atoms with Crippen LogP contribution in [-0.4, -0.2) is 26.3 Å². The predicted molar refractivity (Wildman–Crippen MR) is 115 cm³/mol. The van der Waals surface area contributed by atoms with Gasteiger partial charge in [0.2, 0.25) is 5.91 Å². The second kappa shape index (κ2) is 8.00. The second-order valence-corrected chi connectivity index (χ2v) is 8.54. The van der Waals surface area contributed by atoms with Crippen molar-refractivity contribution in [1.82, 2.24) is 0 Å². The van der Waals surface area contributed by atoms with E-state index < -0.39 is 27.9 Å². The number of sulfonamides is 1. The first kappa shape index (κ1) is 19.7. The molecule has 0 fully saturated rings. The van der Waals surface area contributed by atoms with E-state index in [-0.39, 0.29) is 17.0 Å². The standard InChI is InChI=1S/C22H19N3O4S/c26-21(23-16-9-3-1-4-10-16)15-19-22(27)25(20-14-8-7-13-18(20)24-19)30(28,29)17-11-5-2-6-12-17/h1-14,19,24H,15H2,(H,23,26). The van der Waals surface area contributed by atoms with Gasteiger partial charge in [0.05, 0.1) is 22.7 Å². The molecule has 2 amide bonds. The monoisotopic (exact) mass is 421 g/mol. The topological polar surface area (TPSA) is 95.6 Å². The zero-order chi connectivity index (χ0) is 21.1. The number of benzene rings is 3. The van der Waals surface area contributed by atoms with E-state index in [1.54, 1.807) is 66.7 Å². The van der Waals surface area contributed by atoms with Gasteiger partial charge in [-0.25, -0.2) is 8.42 Å². The molecule has 7 nitrogen and oxygen atoms in total. The van der Waals surface area contributed by atoms with E-state index in [2.05, 4.69) is 10.6 Å². The summed E-state index contributed by atoms with van der Waals surface area (Å²) in [5, 5.41) is 5.72. The summed E-state index contributed by atoms with van der Waals surface area (Å²) in [5.41, 5.74) is 1.29. The molecule has 0 aliphatic carbocycles. The number of nitrogens with zero attached hydrogens (tertiary/aromatic N) is 1. The Morgan fingerprint density at radius 3 is 2.20 bits per heavy atom. The molecule has 2 N–H and O–H groups in total. The van der Waals surface area contributed by atoms with Crippen molar-refractivity contribution in [3.05, 3.63) is 84.9 Å². The maximum atomic E-state index is 13.3. The lowest BCUT2D eigenvalue weighted by molar-refractivity contribution is -0.122. The van der Waals surface area contributed by atoms with Gasteiger partial charge in [-0.3, -0.25) is 9.59 Å². The van der Waals surface area contributed by atoms with Gasteiger partial charge in [0.25, 0.3) is 15.9 Å². The van der Waals surface area contributed by atoms with Gasteiger partial charge in [-0.15, -0.1) is 0 Å². The molecule has 1 unspecified atom stereocenters. The van der Waals surface area contributed by atoms with Crippen LogP contribution in [0.4, 0.5) is 17.1 Å². The largest absolute Gasteiger partial charge is 0.371 e. The fourth-order valence-electron chi connectivity index (χ4n) is 3.29. The van der Waals surface area contributed by atoms with Crippen molar-refractivity contribution in [2.24, 2.45) is 0 Å². The van der Waals surface area contributed by atoms with Gasteiger partial charge < -0.3 is 10.6 Å². The number of anilines is 3. The molecule has 0 aromatic heterocycles. The van der Waals surface area contributed by atoms with Crippen molar-refractivity contribution in [1.29, 1.82) is 0 Å². The molecular weight excluding hydrogens is 402 g/mol. The molecule has 0 saturated carbocycles. The van der Waals surface area contributed by atoms with Crippen LogP contribution in [0, 0.1) is 0 Å². The lowest BCUT2D eigenvalue weighted by Gasteiger charge is -2.34. The lowest BCUT2D eigenvalue weighted by Crippen LogP contribution is -2.51. The summed E-state index contributed by atoms with van der Waals surface area (Å²) in [6, 6.07) is 22.2. The third kappa shape index (κ3) is 3.77. The van der Waals surface area contributed by atoms with Crippen molar-refractivity contribution in [2.45, 2.75) is 17.4 Å². The molecule has 3 aromatic rings. The summed E-state index contributed by atoms with van der Waals surface area (Å²) in [5.74, 6) is -1.11. The van der Waals surface area contributed by atoms with E-state index in [9.17, 15) is 18.0 Å². The number of para-hydroxylation sites is 3. The number of amides is 2. The molecule has 152 valence electrons. The predicted octanol–water partition coefficient (Wildman–Crippen LogP) is 3.23. The molecular formula is C22H19N3O4S. The molecule has 1 aliphatic rings. The first-order valence-corrected chi connectivity index (χ1v) is 10.8. The molecule has 1 aliphatic heterocycles. The van der Waals surface area contributed by atoms with Gasteiger partial charge in [0.1, 0.15) is 6.04 Å². The summed E-state index contributed by atoms with van der Waals surface area (Å²) in [7, 11) is -4.14. The third-order valence-electron chi connectivity index (χ3n) is 4.68. The first-order valence-electron chi connectivity index (χ1n) is 9.31. The Hall–Kier alpha value is -3.65. The minimum Gasteiger partial charge on any atom is -0.371 e. The van der Waals surface area contributed by atoms with Gasteiger partial charge in [-0.05, 0) is 36.4 Å². The van der Waals surface area contributed by atoms with Crippen LogP contribution in [0.3, 0.4) is 0 Å². The highest BCUT2D eigenvalue weighted by Crippen LogP contribution is 2.36. The van der Waals surface area contributed by atoms with E-state index in [1.807, 2.05) is 6.07 Å². The lowest BCUT2D eigenvalue weighted by atomic mass is 10.1. The number of fused-ring (bicyclic) bond motifs is 1. The van der Waals surface area contributed by atoms with Crippen LogP contribution >= 0.6 is 0 Å². The van der Waals surface area contributed by atoms with E-state index in [1.165, 1.54) is 12.1 Å². The minimum atomic E-state index is -4.14. The van der Waals surface area contributed by atoms with Crippen molar-refractivity contribution in [3.8, 4) is 0 Å². The Kier molecular flexibility index (Phi) is 5.24. The summed E-state index contributed by atoms with van der Waals surface area (Å²) in [4.78, 5) is 25.7. The van der Waals surface area contributed by atoms with E-state index in [4.69, 9.17) is 0 Å². The minimum absolute atomic E-state index is 0.00235. The van der Waals surface area contributed by atoms with E-state index in [0.29, 0.717) is 11.4 Å². The van der Waals surface area contributed by atoms with Gasteiger partial charge in [-0.2, -0.15) is 4.31 Å². The van der Waals surface area contributed by atoms with Crippen LogP contribution in [0.1, 0.15) is 6.42 Å². The Labute approximate surface area is 174 Å². The first-order chi connectivity index (χ1) is 14.5. The maximum Gasteiger partial charge on any atom is 0.271 e. The van der Waals surface area contributed by atoms with Crippen LogP contribution in [0.15, 0.2) is 89.8 Å². The number of carbonyl (C=O) groups is 2. The molecule has 1 atom stereocenters. The molecule has 8 heteroatoms. The van der Waals surface area contributed by atoms with Crippen molar-refractivity contribution in [2.75, 3.05) is 14.9 Å². The number of rotatable bonds is 5. The van der Waals surface area contributed by atoms with Crippen molar-refractivity contribution < 1.29 is 18.0 Å². The van der Waals surface area contributed by atoms with Crippen LogP contribution in [0.2, 0.25) is 0 Å². The molecule has 0 saturated heterocycles. The fourth-order valence-corrected chi connectivity index (χ4v) is 4.78. The molecule has 0 spiro atoms. The number of hydrogen-bond acceptors (Lipinski definition) is 5. The van der Waals surface area contributed by atoms with Crippen LogP contribution < -0.4 is 14.9 Å². The summed E-state index contributed by atoms with van der Waals surface area (Å²) in [6.45, 7) is 0. The summed E-state index contributed by atoms with van der Waals surface area (Å²) >= 11 is 0. The fraction of sp³-hybridized carbons (Fsp3) is 0.0909. The quantitative estimate of drug-likeness (QED) is 0.659. The highest BCUT2D eigenvalue weighted by Gasteiger charge is 2.41. The Morgan fingerprint density at radius 1 is 0.900 bits per heavy atom. The number of nitrogens with one attached hydrogen (secondary N) is 2. The zero-order valence-electron chi connectivity index (χ0n) is 15.9. The molecule has 4 rings (SSSR count). The highest BCUT2D eigenvalue weighted by molar-refractivity contribution is 7.93. The van der Waals surface area contributed by atoms with Crippen molar-refractivity contribution in [3.63, 3.8) is 0 Å². The van der Waals surface area contributed by atoms with Gasteiger partial charge in [0.15, 0.2) is 0 Å². The molecule has 1 heterocycles. The zero-order valence-corrected chi connectivity index (χ0v) is 16.7. The van der Waals surface area contributed by atoms with Gasteiger partial charge in [0, 0.05) is 5.69 Å².